The van der Waals surface area contributed by atoms with Gasteiger partial charge in [0.15, 0.2) is 0 Å². The molecule has 136 valence electrons. The monoisotopic (exact) mass is 349 g/mol. The highest BCUT2D eigenvalue weighted by Gasteiger charge is 2.50. The predicted molar refractivity (Wildman–Crippen MR) is 103 cm³/mol. The van der Waals surface area contributed by atoms with Crippen LogP contribution in [0, 0.1) is 23.2 Å². The average Bonchev–Trinajstić information content (AvgIpc) is 2.64. The van der Waals surface area contributed by atoms with Crippen molar-refractivity contribution in [3.63, 3.8) is 0 Å². The van der Waals surface area contributed by atoms with Gasteiger partial charge in [-0.05, 0) is 84.6 Å². The number of nitrogens with one attached hydrogen (secondary N) is 1. The lowest BCUT2D eigenvalue weighted by Gasteiger charge is -2.56. The van der Waals surface area contributed by atoms with Crippen molar-refractivity contribution in [2.75, 3.05) is 13.7 Å². The van der Waals surface area contributed by atoms with E-state index in [4.69, 9.17) is 4.74 Å². The summed E-state index contributed by atoms with van der Waals surface area (Å²) in [5, 5.41) is 5.45. The van der Waals surface area contributed by atoms with Crippen molar-refractivity contribution in [3.05, 3.63) is 42.0 Å². The van der Waals surface area contributed by atoms with E-state index in [1.54, 1.807) is 7.11 Å². The number of carbonyl (C=O) groups is 1. The van der Waals surface area contributed by atoms with E-state index in [0.717, 1.165) is 35.1 Å². The summed E-state index contributed by atoms with van der Waals surface area (Å²) in [6, 6.07) is 12.0. The fraction of sp³-hybridized carbons (Fsp3) is 0.522. The van der Waals surface area contributed by atoms with Crippen LogP contribution in [0.2, 0.25) is 0 Å². The first-order valence-corrected chi connectivity index (χ1v) is 9.99. The molecular formula is C23H27NO2. The molecule has 0 saturated heterocycles. The van der Waals surface area contributed by atoms with Crippen LogP contribution in [-0.2, 0) is 0 Å². The third-order valence-electron chi connectivity index (χ3n) is 7.10. The number of carbonyl (C=O) groups excluding carboxylic acids is 1. The van der Waals surface area contributed by atoms with Gasteiger partial charge in [0.05, 0.1) is 12.7 Å². The van der Waals surface area contributed by atoms with Crippen molar-refractivity contribution in [1.29, 1.82) is 0 Å². The van der Waals surface area contributed by atoms with Crippen LogP contribution >= 0.6 is 0 Å². The number of hydrogen-bond donors (Lipinski definition) is 1. The lowest BCUT2D eigenvalue weighted by molar-refractivity contribution is -0.0503. The van der Waals surface area contributed by atoms with Crippen LogP contribution in [0.5, 0.6) is 5.75 Å². The van der Waals surface area contributed by atoms with Crippen LogP contribution in [0.25, 0.3) is 10.8 Å². The van der Waals surface area contributed by atoms with E-state index < -0.39 is 0 Å². The van der Waals surface area contributed by atoms with E-state index in [1.165, 1.54) is 38.5 Å². The first-order valence-electron chi connectivity index (χ1n) is 9.99. The standard InChI is InChI=1S/C23H27NO2/c1-26-21-10-19-5-3-2-4-18(19)9-20(21)22(25)24-14-23-11-15-6-16(12-23)8-17(7-15)13-23/h2-5,9-10,15-17H,6-8,11-14H2,1H3,(H,24,25). The second kappa shape index (κ2) is 6.00. The number of amides is 1. The minimum atomic E-state index is 0.00310. The first-order chi connectivity index (χ1) is 12.6. The second-order valence-electron chi connectivity index (χ2n) is 9.00. The number of fused-ring (bicyclic) bond motifs is 1. The molecule has 0 aromatic heterocycles. The summed E-state index contributed by atoms with van der Waals surface area (Å²) in [7, 11) is 1.64. The summed E-state index contributed by atoms with van der Waals surface area (Å²) in [6.45, 7) is 0.825. The molecule has 0 atom stereocenters. The molecule has 4 fully saturated rings. The van der Waals surface area contributed by atoms with Crippen molar-refractivity contribution >= 4 is 16.7 Å². The number of ether oxygens (including phenoxy) is 1. The topological polar surface area (TPSA) is 38.3 Å². The molecule has 4 aliphatic carbocycles. The van der Waals surface area contributed by atoms with E-state index in [9.17, 15) is 4.79 Å². The Kier molecular flexibility index (Phi) is 3.73. The van der Waals surface area contributed by atoms with Crippen molar-refractivity contribution < 1.29 is 9.53 Å². The SMILES string of the molecule is COc1cc2ccccc2cc1C(=O)NCC12CC3CC(CC(C3)C1)C2. The van der Waals surface area contributed by atoms with Gasteiger partial charge in [-0.3, -0.25) is 4.79 Å². The maximum Gasteiger partial charge on any atom is 0.255 e. The van der Waals surface area contributed by atoms with Gasteiger partial charge in [-0.15, -0.1) is 0 Å². The lowest BCUT2D eigenvalue weighted by atomic mass is 9.49. The molecule has 6 rings (SSSR count). The summed E-state index contributed by atoms with van der Waals surface area (Å²) >= 11 is 0. The van der Waals surface area contributed by atoms with Crippen molar-refractivity contribution in [3.8, 4) is 5.75 Å². The molecule has 1 amide bonds. The second-order valence-corrected chi connectivity index (χ2v) is 9.00. The van der Waals surface area contributed by atoms with Gasteiger partial charge in [0.1, 0.15) is 5.75 Å². The Hall–Kier alpha value is -2.03. The predicted octanol–water partition coefficient (Wildman–Crippen LogP) is 4.79. The zero-order chi connectivity index (χ0) is 17.7. The minimum Gasteiger partial charge on any atom is -0.496 e. The molecular weight excluding hydrogens is 322 g/mol. The van der Waals surface area contributed by atoms with Crippen LogP contribution in [0.1, 0.15) is 48.9 Å². The summed E-state index contributed by atoms with van der Waals surface area (Å²) < 4.78 is 5.51. The highest BCUT2D eigenvalue weighted by molar-refractivity contribution is 6.01. The van der Waals surface area contributed by atoms with Crippen LogP contribution in [0.15, 0.2) is 36.4 Å². The minimum absolute atomic E-state index is 0.00310. The van der Waals surface area contributed by atoms with Gasteiger partial charge >= 0.3 is 0 Å². The Morgan fingerprint density at radius 1 is 1.04 bits per heavy atom. The molecule has 0 aliphatic heterocycles. The highest BCUT2D eigenvalue weighted by Crippen LogP contribution is 2.59. The summed E-state index contributed by atoms with van der Waals surface area (Å²) in [5.41, 5.74) is 1.00. The molecule has 0 spiro atoms. The normalized spacial score (nSPS) is 32.0. The van der Waals surface area contributed by atoms with Gasteiger partial charge in [0, 0.05) is 6.54 Å². The smallest absolute Gasteiger partial charge is 0.255 e. The largest absolute Gasteiger partial charge is 0.496 e. The van der Waals surface area contributed by atoms with Gasteiger partial charge in [-0.2, -0.15) is 0 Å². The van der Waals surface area contributed by atoms with Crippen molar-refractivity contribution in [2.45, 2.75) is 38.5 Å². The highest BCUT2D eigenvalue weighted by atomic mass is 16.5. The Bertz CT molecular complexity index is 821. The van der Waals surface area contributed by atoms with Crippen LogP contribution in [0.3, 0.4) is 0 Å². The Morgan fingerprint density at radius 2 is 1.62 bits per heavy atom. The quantitative estimate of drug-likeness (QED) is 0.861. The molecule has 0 radical (unpaired) electrons. The number of rotatable bonds is 4. The summed E-state index contributed by atoms with van der Waals surface area (Å²) in [5.74, 6) is 3.39. The van der Waals surface area contributed by atoms with Crippen LogP contribution in [-0.4, -0.2) is 19.6 Å². The molecule has 0 heterocycles. The Balaban J connectivity index is 1.37. The molecule has 3 heteroatoms. The van der Waals surface area contributed by atoms with Gasteiger partial charge in [-0.25, -0.2) is 0 Å². The van der Waals surface area contributed by atoms with E-state index in [-0.39, 0.29) is 5.91 Å². The average molecular weight is 349 g/mol. The molecule has 4 bridgehead atoms. The molecule has 2 aromatic rings. The molecule has 3 nitrogen and oxygen atoms in total. The van der Waals surface area contributed by atoms with E-state index >= 15 is 0 Å². The van der Waals surface area contributed by atoms with Crippen molar-refractivity contribution in [2.24, 2.45) is 23.2 Å². The van der Waals surface area contributed by atoms with E-state index in [0.29, 0.717) is 16.7 Å². The fourth-order valence-corrected chi connectivity index (χ4v) is 6.44. The van der Waals surface area contributed by atoms with E-state index in [2.05, 4.69) is 11.4 Å². The Morgan fingerprint density at radius 3 is 2.19 bits per heavy atom. The molecule has 4 saturated carbocycles. The molecule has 4 aliphatic rings. The summed E-state index contributed by atoms with van der Waals surface area (Å²) in [6.07, 6.45) is 8.25. The molecule has 0 unspecified atom stereocenters. The van der Waals surface area contributed by atoms with Crippen molar-refractivity contribution in [1.82, 2.24) is 5.32 Å². The number of hydrogen-bond acceptors (Lipinski definition) is 2. The van der Waals surface area contributed by atoms with Crippen LogP contribution < -0.4 is 10.1 Å². The Labute approximate surface area is 155 Å². The third kappa shape index (κ3) is 2.69. The fourth-order valence-electron chi connectivity index (χ4n) is 6.44. The molecule has 26 heavy (non-hydrogen) atoms. The number of methoxy groups -OCH3 is 1. The first kappa shape index (κ1) is 16.2. The van der Waals surface area contributed by atoms with Gasteiger partial charge in [0.2, 0.25) is 0 Å². The maximum absolute atomic E-state index is 13.0. The number of benzene rings is 2. The van der Waals surface area contributed by atoms with Gasteiger partial charge in [-0.1, -0.05) is 24.3 Å². The molecule has 2 aromatic carbocycles. The lowest BCUT2D eigenvalue weighted by Crippen LogP contribution is -2.51. The van der Waals surface area contributed by atoms with Gasteiger partial charge in [0.25, 0.3) is 5.91 Å². The zero-order valence-corrected chi connectivity index (χ0v) is 15.5. The maximum atomic E-state index is 13.0. The van der Waals surface area contributed by atoms with Gasteiger partial charge < -0.3 is 10.1 Å². The summed E-state index contributed by atoms with van der Waals surface area (Å²) in [4.78, 5) is 13.0. The zero-order valence-electron chi connectivity index (χ0n) is 15.5. The van der Waals surface area contributed by atoms with E-state index in [1.807, 2.05) is 30.3 Å². The molecule has 1 N–H and O–H groups in total. The third-order valence-corrected chi connectivity index (χ3v) is 7.10. The van der Waals surface area contributed by atoms with Crippen LogP contribution in [0.4, 0.5) is 0 Å².